The van der Waals surface area contributed by atoms with Gasteiger partial charge in [-0.3, -0.25) is 14.5 Å². The number of rotatable bonds is 5. The first-order chi connectivity index (χ1) is 10.6. The number of amides is 2. The Morgan fingerprint density at radius 1 is 1.36 bits per heavy atom. The zero-order chi connectivity index (χ0) is 15.9. The highest BCUT2D eigenvalue weighted by Crippen LogP contribution is 2.20. The molecule has 0 saturated carbocycles. The molecule has 120 valence electrons. The number of piperazine rings is 1. The van der Waals surface area contributed by atoms with Crippen molar-refractivity contribution in [1.82, 2.24) is 15.5 Å². The maximum atomic E-state index is 11.9. The van der Waals surface area contributed by atoms with E-state index < -0.39 is 0 Å². The van der Waals surface area contributed by atoms with Crippen LogP contribution in [0.5, 0.6) is 0 Å². The van der Waals surface area contributed by atoms with E-state index in [4.69, 9.17) is 0 Å². The van der Waals surface area contributed by atoms with Crippen LogP contribution in [0.2, 0.25) is 0 Å². The molecule has 6 nitrogen and oxygen atoms in total. The van der Waals surface area contributed by atoms with Crippen LogP contribution in [0.25, 0.3) is 0 Å². The summed E-state index contributed by atoms with van der Waals surface area (Å²) in [5.74, 6) is -0.371. The third kappa shape index (κ3) is 5.08. The van der Waals surface area contributed by atoms with Gasteiger partial charge in [0, 0.05) is 30.1 Å². The summed E-state index contributed by atoms with van der Waals surface area (Å²) < 4.78 is 0.810. The van der Waals surface area contributed by atoms with E-state index in [0.29, 0.717) is 18.3 Å². The Morgan fingerprint density at radius 2 is 2.14 bits per heavy atom. The van der Waals surface area contributed by atoms with Crippen LogP contribution < -0.4 is 16.0 Å². The number of hydrogen-bond donors (Lipinski definition) is 3. The van der Waals surface area contributed by atoms with E-state index in [0.717, 1.165) is 24.1 Å². The Bertz CT molecular complexity index is 538. The number of carbonyl (C=O) groups excluding carboxylic acids is 2. The van der Waals surface area contributed by atoms with Gasteiger partial charge in [-0.15, -0.1) is 0 Å². The van der Waals surface area contributed by atoms with E-state index in [1.807, 2.05) is 18.2 Å². The number of nitrogens with one attached hydrogen (secondary N) is 3. The van der Waals surface area contributed by atoms with Crippen molar-refractivity contribution in [2.24, 2.45) is 0 Å². The summed E-state index contributed by atoms with van der Waals surface area (Å²) in [5, 5.41) is 8.69. The van der Waals surface area contributed by atoms with Crippen molar-refractivity contribution in [3.63, 3.8) is 0 Å². The third-order valence-electron chi connectivity index (χ3n) is 3.58. The van der Waals surface area contributed by atoms with E-state index in [1.165, 1.54) is 0 Å². The van der Waals surface area contributed by atoms with Crippen molar-refractivity contribution in [1.29, 1.82) is 0 Å². The molecule has 1 aliphatic heterocycles. The van der Waals surface area contributed by atoms with Crippen LogP contribution in [0.15, 0.2) is 28.7 Å². The van der Waals surface area contributed by atoms with Crippen molar-refractivity contribution in [3.8, 4) is 0 Å². The molecular weight excluding hydrogens is 348 g/mol. The molecule has 1 saturated heterocycles. The van der Waals surface area contributed by atoms with Crippen LogP contribution in [-0.2, 0) is 9.59 Å². The topological polar surface area (TPSA) is 73.5 Å². The summed E-state index contributed by atoms with van der Waals surface area (Å²) in [6.07, 6.45) is 0. The van der Waals surface area contributed by atoms with Crippen LogP contribution in [0.3, 0.4) is 0 Å². The molecule has 22 heavy (non-hydrogen) atoms. The SMILES string of the molecule is C[C@H]1CNCCN1CC(=O)NCC(=O)Nc1ccccc1Br. The molecule has 0 spiro atoms. The Labute approximate surface area is 138 Å². The maximum Gasteiger partial charge on any atom is 0.243 e. The first-order valence-corrected chi connectivity index (χ1v) is 8.11. The quantitative estimate of drug-likeness (QED) is 0.718. The molecule has 2 rings (SSSR count). The lowest BCUT2D eigenvalue weighted by Crippen LogP contribution is -2.53. The molecule has 0 bridgehead atoms. The molecule has 0 aromatic heterocycles. The predicted molar refractivity (Wildman–Crippen MR) is 89.7 cm³/mol. The number of nitrogens with zero attached hydrogens (tertiary/aromatic N) is 1. The molecule has 1 heterocycles. The summed E-state index contributed by atoms with van der Waals surface area (Å²) in [6, 6.07) is 7.68. The van der Waals surface area contributed by atoms with Gasteiger partial charge in [0.05, 0.1) is 18.8 Å². The molecule has 0 radical (unpaired) electrons. The lowest BCUT2D eigenvalue weighted by atomic mass is 10.2. The highest BCUT2D eigenvalue weighted by molar-refractivity contribution is 9.10. The van der Waals surface area contributed by atoms with Gasteiger partial charge in [0.1, 0.15) is 0 Å². The maximum absolute atomic E-state index is 11.9. The molecule has 1 atom stereocenters. The summed E-state index contributed by atoms with van der Waals surface area (Å²) in [5.41, 5.74) is 0.692. The number of carbonyl (C=O) groups is 2. The van der Waals surface area contributed by atoms with Gasteiger partial charge in [-0.25, -0.2) is 0 Å². The monoisotopic (exact) mass is 368 g/mol. The second kappa shape index (κ2) is 8.26. The van der Waals surface area contributed by atoms with Crippen LogP contribution in [-0.4, -0.2) is 55.5 Å². The van der Waals surface area contributed by atoms with Crippen molar-refractivity contribution < 1.29 is 9.59 Å². The highest BCUT2D eigenvalue weighted by Gasteiger charge is 2.20. The van der Waals surface area contributed by atoms with Crippen molar-refractivity contribution in [3.05, 3.63) is 28.7 Å². The molecule has 1 aromatic carbocycles. The van der Waals surface area contributed by atoms with Gasteiger partial charge in [-0.1, -0.05) is 12.1 Å². The van der Waals surface area contributed by atoms with E-state index >= 15 is 0 Å². The normalized spacial score (nSPS) is 18.7. The van der Waals surface area contributed by atoms with Gasteiger partial charge in [0.15, 0.2) is 0 Å². The summed E-state index contributed by atoms with van der Waals surface area (Å²) in [6.45, 7) is 5.00. The van der Waals surface area contributed by atoms with Crippen molar-refractivity contribution in [2.45, 2.75) is 13.0 Å². The van der Waals surface area contributed by atoms with Crippen molar-refractivity contribution in [2.75, 3.05) is 38.0 Å². The smallest absolute Gasteiger partial charge is 0.243 e. The average Bonchev–Trinajstić information content (AvgIpc) is 2.50. The number of anilines is 1. The van der Waals surface area contributed by atoms with Crippen molar-refractivity contribution >= 4 is 33.4 Å². The first-order valence-electron chi connectivity index (χ1n) is 7.32. The van der Waals surface area contributed by atoms with Gasteiger partial charge in [-0.2, -0.15) is 0 Å². The van der Waals surface area contributed by atoms with Crippen LogP contribution >= 0.6 is 15.9 Å². The largest absolute Gasteiger partial charge is 0.346 e. The van der Waals surface area contributed by atoms with Gasteiger partial charge < -0.3 is 16.0 Å². The highest BCUT2D eigenvalue weighted by atomic mass is 79.9. The third-order valence-corrected chi connectivity index (χ3v) is 4.27. The second-order valence-electron chi connectivity index (χ2n) is 5.33. The lowest BCUT2D eigenvalue weighted by molar-refractivity contribution is -0.125. The number of hydrogen-bond acceptors (Lipinski definition) is 4. The number of para-hydroxylation sites is 1. The second-order valence-corrected chi connectivity index (χ2v) is 6.18. The molecule has 2 amide bonds. The standard InChI is InChI=1S/C15H21BrN4O2/c1-11-8-17-6-7-20(11)10-15(22)18-9-14(21)19-13-5-3-2-4-12(13)16/h2-5,11,17H,6-10H2,1H3,(H,18,22)(H,19,21)/t11-/m0/s1. The summed E-state index contributed by atoms with van der Waals surface area (Å²) in [4.78, 5) is 25.9. The Hall–Kier alpha value is -1.44. The van der Waals surface area contributed by atoms with Crippen LogP contribution in [0, 0.1) is 0 Å². The van der Waals surface area contributed by atoms with Gasteiger partial charge >= 0.3 is 0 Å². The van der Waals surface area contributed by atoms with Gasteiger partial charge in [0.2, 0.25) is 11.8 Å². The summed E-state index contributed by atoms with van der Waals surface area (Å²) in [7, 11) is 0. The van der Waals surface area contributed by atoms with Crippen LogP contribution in [0.1, 0.15) is 6.92 Å². The molecule has 0 aliphatic carbocycles. The molecule has 1 aliphatic rings. The minimum atomic E-state index is -0.242. The minimum Gasteiger partial charge on any atom is -0.346 e. The Morgan fingerprint density at radius 3 is 2.86 bits per heavy atom. The molecule has 0 unspecified atom stereocenters. The molecule has 3 N–H and O–H groups in total. The zero-order valence-corrected chi connectivity index (χ0v) is 14.1. The minimum absolute atomic E-state index is 0.0271. The Kier molecular flexibility index (Phi) is 6.35. The molecular formula is C15H21BrN4O2. The van der Waals surface area contributed by atoms with E-state index in [9.17, 15) is 9.59 Å². The van der Waals surface area contributed by atoms with Gasteiger partial charge in [-0.05, 0) is 35.0 Å². The van der Waals surface area contributed by atoms with E-state index in [1.54, 1.807) is 6.07 Å². The lowest BCUT2D eigenvalue weighted by Gasteiger charge is -2.33. The number of halogens is 1. The fourth-order valence-electron chi connectivity index (χ4n) is 2.29. The molecule has 1 fully saturated rings. The fourth-order valence-corrected chi connectivity index (χ4v) is 2.68. The number of benzene rings is 1. The molecule has 1 aromatic rings. The fraction of sp³-hybridized carbons (Fsp3) is 0.467. The Balaban J connectivity index is 1.74. The first kappa shape index (κ1) is 16.9. The van der Waals surface area contributed by atoms with Crippen LogP contribution in [0.4, 0.5) is 5.69 Å². The van der Waals surface area contributed by atoms with E-state index in [2.05, 4.69) is 43.7 Å². The molecule has 7 heteroatoms. The predicted octanol–water partition coefficient (Wildman–Crippen LogP) is 0.798. The average molecular weight is 369 g/mol. The van der Waals surface area contributed by atoms with Gasteiger partial charge in [0.25, 0.3) is 0 Å². The zero-order valence-electron chi connectivity index (χ0n) is 12.6. The van der Waals surface area contributed by atoms with E-state index in [-0.39, 0.29) is 18.4 Å². The summed E-state index contributed by atoms with van der Waals surface area (Å²) >= 11 is 3.36.